The monoisotopic (exact) mass is 876 g/mol. The number of amides is 9. The Morgan fingerprint density at radius 1 is 0.565 bits per heavy atom. The third-order valence-electron chi connectivity index (χ3n) is 9.28. The average Bonchev–Trinajstić information content (AvgIpc) is 3.17. The highest BCUT2D eigenvalue weighted by molar-refractivity contribution is 5.98. The number of carbonyl (C=O) groups excluding carboxylic acids is 9. The topological polar surface area (TPSA) is 359 Å². The Bertz CT molecular complexity index is 1770. The van der Waals surface area contributed by atoms with Gasteiger partial charge in [0, 0.05) is 0 Å². The molecule has 0 aromatic heterocycles. The molecule has 1 rings (SSSR count). The third-order valence-corrected chi connectivity index (χ3v) is 9.28. The SMILES string of the molecule is CC(C)C[C@H](NC(=O)[C@H](C)NC(=O)[C@H](CC(N)=O)NC(=O)[C@@H](NC(=O)[C@@H](NC(=O)[C@H](C)NC(=O)CNC(=O)[C@H](C)NC(=O)[C@@H](N)Cc1ccc(O)cc1)C(C)C)C(C)C)C(=O)O. The van der Waals surface area contributed by atoms with E-state index in [1.54, 1.807) is 53.7 Å². The first-order valence-corrected chi connectivity index (χ1v) is 20.2. The molecule has 0 bridgehead atoms. The van der Waals surface area contributed by atoms with Gasteiger partial charge in [-0.15, -0.1) is 0 Å². The quantitative estimate of drug-likeness (QED) is 0.0471. The largest absolute Gasteiger partial charge is 0.508 e. The third kappa shape index (κ3) is 18.9. The van der Waals surface area contributed by atoms with E-state index >= 15 is 0 Å². The lowest BCUT2D eigenvalue weighted by Crippen LogP contribution is -2.61. The number of nitrogens with one attached hydrogen (secondary N) is 8. The van der Waals surface area contributed by atoms with E-state index < -0.39 is 132 Å². The van der Waals surface area contributed by atoms with Crippen molar-refractivity contribution in [2.75, 3.05) is 6.54 Å². The van der Waals surface area contributed by atoms with Crippen LogP contribution in [0.4, 0.5) is 0 Å². The Hall–Kier alpha value is -6.32. The summed E-state index contributed by atoms with van der Waals surface area (Å²) in [5.74, 6) is -9.86. The minimum absolute atomic E-state index is 0.0510. The van der Waals surface area contributed by atoms with Gasteiger partial charge in [-0.3, -0.25) is 43.2 Å². The van der Waals surface area contributed by atoms with Gasteiger partial charge in [0.2, 0.25) is 53.2 Å². The first-order chi connectivity index (χ1) is 28.7. The van der Waals surface area contributed by atoms with Gasteiger partial charge in [-0.25, -0.2) is 4.79 Å². The van der Waals surface area contributed by atoms with Crippen molar-refractivity contribution in [3.05, 3.63) is 29.8 Å². The van der Waals surface area contributed by atoms with E-state index in [1.807, 2.05) is 0 Å². The second-order valence-electron chi connectivity index (χ2n) is 16.2. The summed E-state index contributed by atoms with van der Waals surface area (Å²) < 4.78 is 0. The molecule has 0 aliphatic carbocycles. The molecule has 9 amide bonds. The maximum Gasteiger partial charge on any atom is 0.326 e. The molecular weight excluding hydrogens is 812 g/mol. The number of hydrogen-bond acceptors (Lipinski definition) is 12. The molecule has 22 heteroatoms. The number of aromatic hydroxyl groups is 1. The van der Waals surface area contributed by atoms with Crippen LogP contribution in [-0.4, -0.2) is 124 Å². The van der Waals surface area contributed by atoms with Gasteiger partial charge in [-0.05, 0) is 69.1 Å². The number of aliphatic carboxylic acids is 1. The smallest absolute Gasteiger partial charge is 0.326 e. The predicted octanol–water partition coefficient (Wildman–Crippen LogP) is -2.85. The summed E-state index contributed by atoms with van der Waals surface area (Å²) in [5.41, 5.74) is 12.0. The molecule has 1 aromatic carbocycles. The molecule has 1 aromatic rings. The molecule has 0 radical (unpaired) electrons. The first kappa shape index (κ1) is 53.7. The van der Waals surface area contributed by atoms with Crippen LogP contribution in [0, 0.1) is 17.8 Å². The minimum atomic E-state index is -1.60. The van der Waals surface area contributed by atoms with E-state index in [4.69, 9.17) is 11.5 Å². The number of benzene rings is 1. The normalized spacial score (nSPS) is 15.0. The van der Waals surface area contributed by atoms with E-state index in [0.29, 0.717) is 5.56 Å². The molecule has 0 fully saturated rings. The molecule has 0 aliphatic rings. The first-order valence-electron chi connectivity index (χ1n) is 20.2. The van der Waals surface area contributed by atoms with Crippen LogP contribution in [0.5, 0.6) is 5.75 Å². The summed E-state index contributed by atoms with van der Waals surface area (Å²) in [6, 6.07) is -3.88. The Morgan fingerprint density at radius 3 is 1.52 bits per heavy atom. The molecular formula is C40H64N10O12. The number of hydrogen-bond donors (Lipinski definition) is 12. The van der Waals surface area contributed by atoms with Gasteiger partial charge in [-0.2, -0.15) is 0 Å². The number of rotatable bonds is 25. The Kier molecular flexibility index (Phi) is 22.0. The standard InChI is InChI=1S/C40H64N10O12/c1-18(2)14-28(40(61)62)48-34(55)23(9)46-37(58)27(16-29(42)52)47-38(59)31(19(3)4)50-39(60)32(20(5)6)49-35(56)22(8)44-30(53)17-43-33(54)21(7)45-36(57)26(41)15-24-10-12-25(51)13-11-24/h10-13,18-23,26-28,31-32,51H,14-17,41H2,1-9H3,(H2,42,52)(H,43,54)(H,44,53)(H,45,57)(H,46,58)(H,47,59)(H,48,55)(H,49,56)(H,50,60)(H,61,62)/t21-,22-,23-,26-,27-,28-,31-,32-/m0/s1. The Labute approximate surface area is 360 Å². The fourth-order valence-corrected chi connectivity index (χ4v) is 5.68. The molecule has 14 N–H and O–H groups in total. The number of carbonyl (C=O) groups is 10. The van der Waals surface area contributed by atoms with Crippen LogP contribution < -0.4 is 54.0 Å². The number of primary amides is 1. The minimum Gasteiger partial charge on any atom is -0.508 e. The summed E-state index contributed by atoms with van der Waals surface area (Å²) in [4.78, 5) is 127. The zero-order chi connectivity index (χ0) is 47.6. The zero-order valence-corrected chi connectivity index (χ0v) is 36.6. The highest BCUT2D eigenvalue weighted by Crippen LogP contribution is 2.12. The molecule has 62 heavy (non-hydrogen) atoms. The van der Waals surface area contributed by atoms with Crippen molar-refractivity contribution in [1.29, 1.82) is 0 Å². The van der Waals surface area contributed by atoms with Crippen molar-refractivity contribution >= 4 is 59.1 Å². The molecule has 0 heterocycles. The summed E-state index contributed by atoms with van der Waals surface area (Å²) in [5, 5.41) is 38.2. The van der Waals surface area contributed by atoms with Crippen molar-refractivity contribution in [2.45, 2.75) is 130 Å². The number of carboxylic acid groups (broad SMARTS) is 1. The molecule has 0 saturated carbocycles. The van der Waals surface area contributed by atoms with Crippen LogP contribution in [0.2, 0.25) is 0 Å². The predicted molar refractivity (Wildman–Crippen MR) is 224 cm³/mol. The molecule has 22 nitrogen and oxygen atoms in total. The van der Waals surface area contributed by atoms with Crippen molar-refractivity contribution in [3.8, 4) is 5.75 Å². The second kappa shape index (κ2) is 25.5. The number of phenolic OH excluding ortho intramolecular Hbond substituents is 1. The van der Waals surface area contributed by atoms with Gasteiger partial charge in [-0.1, -0.05) is 53.7 Å². The number of phenols is 1. The van der Waals surface area contributed by atoms with Gasteiger partial charge in [0.1, 0.15) is 48.0 Å². The lowest BCUT2D eigenvalue weighted by molar-refractivity contribution is -0.142. The average molecular weight is 877 g/mol. The zero-order valence-electron chi connectivity index (χ0n) is 36.6. The van der Waals surface area contributed by atoms with E-state index in [9.17, 15) is 58.2 Å². The van der Waals surface area contributed by atoms with Crippen molar-refractivity contribution in [3.63, 3.8) is 0 Å². The molecule has 0 aliphatic heterocycles. The van der Waals surface area contributed by atoms with Gasteiger partial charge in [0.05, 0.1) is 19.0 Å². The van der Waals surface area contributed by atoms with Crippen molar-refractivity contribution in [1.82, 2.24) is 42.5 Å². The molecule has 346 valence electrons. The molecule has 0 saturated heterocycles. The molecule has 8 atom stereocenters. The van der Waals surface area contributed by atoms with Crippen LogP contribution in [-0.2, 0) is 54.4 Å². The van der Waals surface area contributed by atoms with E-state index in [-0.39, 0.29) is 24.5 Å². The van der Waals surface area contributed by atoms with Crippen molar-refractivity contribution in [2.24, 2.45) is 29.2 Å². The fraction of sp³-hybridized carbons (Fsp3) is 0.600. The van der Waals surface area contributed by atoms with Gasteiger partial charge >= 0.3 is 5.97 Å². The number of nitrogens with two attached hydrogens (primary N) is 2. The Balaban J connectivity index is 2.86. The molecule has 0 spiro atoms. The molecule has 0 unspecified atom stereocenters. The summed E-state index contributed by atoms with van der Waals surface area (Å²) in [6.07, 6.45) is -0.437. The lowest BCUT2D eigenvalue weighted by atomic mass is 9.99. The van der Waals surface area contributed by atoms with Gasteiger partial charge in [0.15, 0.2) is 0 Å². The van der Waals surface area contributed by atoms with Crippen LogP contribution in [0.25, 0.3) is 0 Å². The lowest BCUT2D eigenvalue weighted by Gasteiger charge is -2.29. The van der Waals surface area contributed by atoms with Crippen molar-refractivity contribution < 1.29 is 58.2 Å². The van der Waals surface area contributed by atoms with Crippen LogP contribution in [0.3, 0.4) is 0 Å². The van der Waals surface area contributed by atoms with E-state index in [0.717, 1.165) is 0 Å². The second-order valence-corrected chi connectivity index (χ2v) is 16.2. The fourth-order valence-electron chi connectivity index (χ4n) is 5.68. The van der Waals surface area contributed by atoms with Crippen LogP contribution in [0.15, 0.2) is 24.3 Å². The van der Waals surface area contributed by atoms with E-state index in [1.165, 1.54) is 32.9 Å². The van der Waals surface area contributed by atoms with Crippen LogP contribution >= 0.6 is 0 Å². The highest BCUT2D eigenvalue weighted by atomic mass is 16.4. The highest BCUT2D eigenvalue weighted by Gasteiger charge is 2.35. The Morgan fingerprint density at radius 2 is 1.02 bits per heavy atom. The van der Waals surface area contributed by atoms with Gasteiger partial charge < -0.3 is 64.2 Å². The maximum atomic E-state index is 13.5. The number of carboxylic acids is 1. The van der Waals surface area contributed by atoms with Gasteiger partial charge in [0.25, 0.3) is 0 Å². The summed E-state index contributed by atoms with van der Waals surface area (Å²) in [7, 11) is 0. The maximum absolute atomic E-state index is 13.5. The summed E-state index contributed by atoms with van der Waals surface area (Å²) in [6.45, 7) is 13.3. The summed E-state index contributed by atoms with van der Waals surface area (Å²) >= 11 is 0. The van der Waals surface area contributed by atoms with Crippen LogP contribution in [0.1, 0.15) is 80.7 Å². The van der Waals surface area contributed by atoms with E-state index in [2.05, 4.69) is 42.5 Å².